The maximum atomic E-state index is 13.4. The molecule has 1 aliphatic heterocycles. The molecule has 4 rings (SSSR count). The molecule has 39 heavy (non-hydrogen) atoms. The number of carbonyl (C=O) groups excluding carboxylic acids is 3. The van der Waals surface area contributed by atoms with E-state index in [1.807, 2.05) is 31.2 Å². The first kappa shape index (κ1) is 27.7. The third-order valence-corrected chi connectivity index (χ3v) is 6.67. The zero-order valence-electron chi connectivity index (χ0n) is 22.8. The van der Waals surface area contributed by atoms with Gasteiger partial charge in [0.05, 0.1) is 13.7 Å². The molecule has 0 saturated carbocycles. The number of amides is 3. The molecule has 3 aromatic rings. The average molecular weight is 530 g/mol. The summed E-state index contributed by atoms with van der Waals surface area (Å²) in [6.07, 6.45) is -0.569. The normalized spacial score (nSPS) is 16.6. The van der Waals surface area contributed by atoms with Crippen LogP contribution in [0, 0.1) is 12.8 Å². The minimum Gasteiger partial charge on any atom is -0.497 e. The number of rotatable bonds is 10. The van der Waals surface area contributed by atoms with Gasteiger partial charge in [-0.25, -0.2) is 4.79 Å². The Morgan fingerprint density at radius 2 is 1.74 bits per heavy atom. The minimum absolute atomic E-state index is 0.242. The average Bonchev–Trinajstić information content (AvgIpc) is 3.25. The van der Waals surface area contributed by atoms with E-state index in [1.54, 1.807) is 55.6 Å². The van der Waals surface area contributed by atoms with Gasteiger partial charge in [-0.3, -0.25) is 14.5 Å². The fraction of sp³-hybridized carbons (Fsp3) is 0.323. The summed E-state index contributed by atoms with van der Waals surface area (Å²) in [5.41, 5.74) is 3.63. The van der Waals surface area contributed by atoms with E-state index in [1.165, 1.54) is 4.90 Å². The number of methoxy groups -OCH3 is 1. The molecule has 1 saturated heterocycles. The molecule has 0 unspecified atom stereocenters. The molecule has 204 valence electrons. The number of cyclic esters (lactones) is 1. The van der Waals surface area contributed by atoms with Gasteiger partial charge in [-0.15, -0.1) is 0 Å². The highest BCUT2D eigenvalue weighted by Gasteiger charge is 2.47. The van der Waals surface area contributed by atoms with Crippen molar-refractivity contribution < 1.29 is 23.9 Å². The van der Waals surface area contributed by atoms with Gasteiger partial charge >= 0.3 is 6.09 Å². The summed E-state index contributed by atoms with van der Waals surface area (Å²) in [6, 6.07) is 20.8. The molecular weight excluding hydrogens is 494 g/mol. The standard InChI is InChI=1S/C31H35N3O5/c1-20(2)16-17-32-30(36)27-28(39-31(37)34(27)19-22-10-8-21(3)9-11-22)24-6-5-7-25(18-24)33-29(35)23-12-14-26(38-4)15-13-23/h5-15,18,20,27-28H,16-17,19H2,1-4H3,(H,32,36)(H,33,35)/t27-,28-/m0/s1. The maximum absolute atomic E-state index is 13.4. The van der Waals surface area contributed by atoms with Crippen LogP contribution in [0.4, 0.5) is 10.5 Å². The Morgan fingerprint density at radius 3 is 2.41 bits per heavy atom. The molecular formula is C31H35N3O5. The molecule has 8 nitrogen and oxygen atoms in total. The van der Waals surface area contributed by atoms with E-state index in [4.69, 9.17) is 9.47 Å². The van der Waals surface area contributed by atoms with Crippen molar-refractivity contribution in [1.82, 2.24) is 10.2 Å². The monoisotopic (exact) mass is 529 g/mol. The molecule has 8 heteroatoms. The molecule has 0 aromatic heterocycles. The van der Waals surface area contributed by atoms with Crippen LogP contribution in [0.1, 0.15) is 53.4 Å². The fourth-order valence-electron chi connectivity index (χ4n) is 4.43. The number of anilines is 1. The number of nitrogens with one attached hydrogen (secondary N) is 2. The summed E-state index contributed by atoms with van der Waals surface area (Å²) >= 11 is 0. The fourth-order valence-corrected chi connectivity index (χ4v) is 4.43. The van der Waals surface area contributed by atoms with Gasteiger partial charge in [0, 0.05) is 17.8 Å². The van der Waals surface area contributed by atoms with Gasteiger partial charge in [-0.05, 0) is 66.8 Å². The van der Waals surface area contributed by atoms with Gasteiger partial charge < -0.3 is 20.1 Å². The highest BCUT2D eigenvalue weighted by molar-refractivity contribution is 6.04. The third kappa shape index (κ3) is 6.96. The number of ether oxygens (including phenoxy) is 2. The zero-order valence-corrected chi connectivity index (χ0v) is 22.8. The van der Waals surface area contributed by atoms with Crippen LogP contribution in [0.5, 0.6) is 5.75 Å². The van der Waals surface area contributed by atoms with Crippen LogP contribution >= 0.6 is 0 Å². The van der Waals surface area contributed by atoms with Gasteiger partial charge in [-0.2, -0.15) is 0 Å². The molecule has 3 aromatic carbocycles. The van der Waals surface area contributed by atoms with E-state index >= 15 is 0 Å². The molecule has 0 spiro atoms. The number of benzene rings is 3. The summed E-state index contributed by atoms with van der Waals surface area (Å²) < 4.78 is 10.9. The first-order valence-corrected chi connectivity index (χ1v) is 13.1. The summed E-state index contributed by atoms with van der Waals surface area (Å²) in [5, 5.41) is 5.87. The van der Waals surface area contributed by atoms with Crippen molar-refractivity contribution in [3.05, 3.63) is 95.1 Å². The third-order valence-electron chi connectivity index (χ3n) is 6.67. The Balaban J connectivity index is 1.57. The number of aryl methyl sites for hydroxylation is 1. The van der Waals surface area contributed by atoms with Crippen LogP contribution in [-0.2, 0) is 16.1 Å². The Kier molecular flexibility index (Phi) is 8.86. The number of nitrogens with zero attached hydrogens (tertiary/aromatic N) is 1. The molecule has 0 aliphatic carbocycles. The zero-order chi connectivity index (χ0) is 27.9. The Labute approximate surface area is 229 Å². The second-order valence-electron chi connectivity index (χ2n) is 10.1. The lowest BCUT2D eigenvalue weighted by atomic mass is 9.99. The summed E-state index contributed by atoms with van der Waals surface area (Å²) in [4.78, 5) is 40.8. The van der Waals surface area contributed by atoms with Crippen LogP contribution in [-0.4, -0.2) is 42.5 Å². The van der Waals surface area contributed by atoms with E-state index in [0.29, 0.717) is 35.0 Å². The van der Waals surface area contributed by atoms with Crippen molar-refractivity contribution in [2.24, 2.45) is 5.92 Å². The number of hydrogen-bond donors (Lipinski definition) is 2. The molecule has 1 heterocycles. The van der Waals surface area contributed by atoms with Crippen molar-refractivity contribution in [1.29, 1.82) is 0 Å². The van der Waals surface area contributed by atoms with Crippen molar-refractivity contribution in [3.8, 4) is 5.75 Å². The molecule has 3 amide bonds. The lowest BCUT2D eigenvalue weighted by molar-refractivity contribution is -0.126. The maximum Gasteiger partial charge on any atom is 0.411 e. The van der Waals surface area contributed by atoms with Gasteiger partial charge in [0.2, 0.25) is 5.91 Å². The van der Waals surface area contributed by atoms with E-state index < -0.39 is 18.2 Å². The van der Waals surface area contributed by atoms with E-state index in [0.717, 1.165) is 17.5 Å². The Bertz CT molecular complexity index is 1300. The van der Waals surface area contributed by atoms with Crippen molar-refractivity contribution >= 4 is 23.6 Å². The minimum atomic E-state index is -0.862. The van der Waals surface area contributed by atoms with Crippen LogP contribution < -0.4 is 15.4 Å². The van der Waals surface area contributed by atoms with E-state index in [-0.39, 0.29) is 18.4 Å². The largest absolute Gasteiger partial charge is 0.497 e. The predicted molar refractivity (Wildman–Crippen MR) is 150 cm³/mol. The van der Waals surface area contributed by atoms with Gasteiger partial charge in [0.15, 0.2) is 12.1 Å². The van der Waals surface area contributed by atoms with Crippen molar-refractivity contribution in [2.75, 3.05) is 19.0 Å². The first-order valence-electron chi connectivity index (χ1n) is 13.1. The molecule has 0 bridgehead atoms. The molecule has 2 atom stereocenters. The van der Waals surface area contributed by atoms with Crippen molar-refractivity contribution in [2.45, 2.75) is 45.9 Å². The Morgan fingerprint density at radius 1 is 1.03 bits per heavy atom. The van der Waals surface area contributed by atoms with Crippen LogP contribution in [0.2, 0.25) is 0 Å². The highest BCUT2D eigenvalue weighted by Crippen LogP contribution is 2.35. The molecule has 0 radical (unpaired) electrons. The number of hydrogen-bond acceptors (Lipinski definition) is 5. The summed E-state index contributed by atoms with van der Waals surface area (Å²) in [5.74, 6) is 0.523. The Hall–Kier alpha value is -4.33. The van der Waals surface area contributed by atoms with Gasteiger partial charge in [0.1, 0.15) is 5.75 Å². The highest BCUT2D eigenvalue weighted by atomic mass is 16.6. The van der Waals surface area contributed by atoms with Crippen LogP contribution in [0.25, 0.3) is 0 Å². The molecule has 1 aliphatic rings. The first-order chi connectivity index (χ1) is 18.7. The SMILES string of the molecule is COc1ccc(C(=O)Nc2cccc([C@@H]3OC(=O)N(Cc4ccc(C)cc4)[C@@H]3C(=O)NCCC(C)C)c2)cc1. The quantitative estimate of drug-likeness (QED) is 0.363. The summed E-state index contributed by atoms with van der Waals surface area (Å²) in [7, 11) is 1.57. The van der Waals surface area contributed by atoms with E-state index in [9.17, 15) is 14.4 Å². The van der Waals surface area contributed by atoms with E-state index in [2.05, 4.69) is 24.5 Å². The van der Waals surface area contributed by atoms with Crippen molar-refractivity contribution in [3.63, 3.8) is 0 Å². The molecule has 2 N–H and O–H groups in total. The second kappa shape index (κ2) is 12.5. The predicted octanol–water partition coefficient (Wildman–Crippen LogP) is 5.48. The second-order valence-corrected chi connectivity index (χ2v) is 10.1. The number of carbonyl (C=O) groups is 3. The smallest absolute Gasteiger partial charge is 0.411 e. The lowest BCUT2D eigenvalue weighted by Crippen LogP contribution is -2.46. The van der Waals surface area contributed by atoms with Crippen LogP contribution in [0.15, 0.2) is 72.8 Å². The van der Waals surface area contributed by atoms with Gasteiger partial charge in [0.25, 0.3) is 5.91 Å². The summed E-state index contributed by atoms with van der Waals surface area (Å²) in [6.45, 7) is 6.92. The molecule has 1 fully saturated rings. The topological polar surface area (TPSA) is 97.0 Å². The van der Waals surface area contributed by atoms with Gasteiger partial charge in [-0.1, -0.05) is 55.8 Å². The lowest BCUT2D eigenvalue weighted by Gasteiger charge is -2.24. The van der Waals surface area contributed by atoms with Crippen LogP contribution in [0.3, 0.4) is 0 Å².